The van der Waals surface area contributed by atoms with Gasteiger partial charge in [-0.25, -0.2) is 0 Å². The first-order valence-electron chi connectivity index (χ1n) is 7.10. The number of fused-ring (bicyclic) bond motifs is 1. The third kappa shape index (κ3) is 3.19. The molecule has 0 radical (unpaired) electrons. The number of hydrogen-bond donors (Lipinski definition) is 1. The maximum Gasteiger partial charge on any atom is 0.161 e. The van der Waals surface area contributed by atoms with Crippen molar-refractivity contribution in [1.82, 2.24) is 4.90 Å². The number of rotatable bonds is 3. The Kier molecular flexibility index (Phi) is 3.89. The normalized spacial score (nSPS) is 20.5. The van der Waals surface area contributed by atoms with Crippen LogP contribution in [0.4, 0.5) is 0 Å². The van der Waals surface area contributed by atoms with E-state index in [9.17, 15) is 5.11 Å². The molecule has 1 N–H and O–H groups in total. The second kappa shape index (κ2) is 5.80. The zero-order chi connectivity index (χ0) is 13.1. The van der Waals surface area contributed by atoms with Gasteiger partial charge in [0.05, 0.1) is 6.10 Å². The molecule has 1 aromatic carbocycles. The summed E-state index contributed by atoms with van der Waals surface area (Å²) >= 11 is 0. The average molecular weight is 263 g/mol. The molecular weight excluding hydrogens is 242 g/mol. The highest BCUT2D eigenvalue weighted by molar-refractivity contribution is 5.43. The Morgan fingerprint density at radius 2 is 1.84 bits per heavy atom. The molecule has 0 atom stereocenters. The fourth-order valence-electron chi connectivity index (χ4n) is 2.67. The average Bonchev–Trinajstić information content (AvgIpc) is 2.46. The van der Waals surface area contributed by atoms with Crippen LogP contribution in [-0.4, -0.2) is 49.0 Å². The molecule has 0 amide bonds. The molecule has 2 aliphatic rings. The van der Waals surface area contributed by atoms with Crippen LogP contribution >= 0.6 is 0 Å². The van der Waals surface area contributed by atoms with Crippen molar-refractivity contribution >= 4 is 0 Å². The van der Waals surface area contributed by atoms with Crippen molar-refractivity contribution in [3.63, 3.8) is 0 Å². The molecule has 104 valence electrons. The third-order valence-electron chi connectivity index (χ3n) is 3.88. The Morgan fingerprint density at radius 1 is 1.11 bits per heavy atom. The molecule has 0 unspecified atom stereocenters. The summed E-state index contributed by atoms with van der Waals surface area (Å²) in [6.07, 6.45) is 2.74. The summed E-state index contributed by atoms with van der Waals surface area (Å²) in [5.74, 6) is 1.73. The highest BCUT2D eigenvalue weighted by Gasteiger charge is 2.17. The zero-order valence-electron chi connectivity index (χ0n) is 11.2. The topological polar surface area (TPSA) is 41.9 Å². The fraction of sp³-hybridized carbons (Fsp3) is 0.600. The van der Waals surface area contributed by atoms with Gasteiger partial charge in [0, 0.05) is 19.6 Å². The first-order chi connectivity index (χ1) is 9.31. The number of nitrogens with zero attached hydrogens (tertiary/aromatic N) is 1. The summed E-state index contributed by atoms with van der Waals surface area (Å²) in [7, 11) is 0. The van der Waals surface area contributed by atoms with Crippen LogP contribution in [0.3, 0.4) is 0 Å². The van der Waals surface area contributed by atoms with E-state index in [1.807, 2.05) is 6.07 Å². The summed E-state index contributed by atoms with van der Waals surface area (Å²) in [4.78, 5) is 2.42. The van der Waals surface area contributed by atoms with Gasteiger partial charge < -0.3 is 19.5 Å². The van der Waals surface area contributed by atoms with E-state index in [1.165, 1.54) is 5.56 Å². The maximum atomic E-state index is 9.49. The van der Waals surface area contributed by atoms with E-state index in [0.717, 1.165) is 50.4 Å². The molecule has 4 heteroatoms. The lowest BCUT2D eigenvalue weighted by Gasteiger charge is -2.29. The second-order valence-electron chi connectivity index (χ2n) is 5.30. The summed E-state index contributed by atoms with van der Waals surface area (Å²) < 4.78 is 11.1. The quantitative estimate of drug-likeness (QED) is 0.896. The highest BCUT2D eigenvalue weighted by atomic mass is 16.6. The molecule has 3 rings (SSSR count). The lowest BCUT2D eigenvalue weighted by atomic mass is 10.1. The minimum atomic E-state index is -0.0921. The summed E-state index contributed by atoms with van der Waals surface area (Å²) in [5, 5.41) is 9.49. The van der Waals surface area contributed by atoms with Crippen LogP contribution < -0.4 is 9.47 Å². The van der Waals surface area contributed by atoms with Gasteiger partial charge in [0.2, 0.25) is 0 Å². The van der Waals surface area contributed by atoms with E-state index >= 15 is 0 Å². The zero-order valence-corrected chi connectivity index (χ0v) is 11.2. The number of hydrogen-bond acceptors (Lipinski definition) is 4. The Hall–Kier alpha value is -1.26. The molecule has 1 aromatic rings. The minimum Gasteiger partial charge on any atom is -0.486 e. The standard InChI is InChI=1S/C15H21NO3/c17-13-4-7-16(8-5-13)6-3-12-1-2-14-15(11-12)19-10-9-18-14/h1-2,11,13,17H,3-10H2. The van der Waals surface area contributed by atoms with Gasteiger partial charge in [0.25, 0.3) is 0 Å². The lowest BCUT2D eigenvalue weighted by Crippen LogP contribution is -2.37. The van der Waals surface area contributed by atoms with Gasteiger partial charge in [-0.3, -0.25) is 0 Å². The molecular formula is C15H21NO3. The van der Waals surface area contributed by atoms with E-state index in [-0.39, 0.29) is 6.10 Å². The Morgan fingerprint density at radius 3 is 2.63 bits per heavy atom. The van der Waals surface area contributed by atoms with Crippen molar-refractivity contribution in [3.05, 3.63) is 23.8 Å². The largest absolute Gasteiger partial charge is 0.486 e. The van der Waals surface area contributed by atoms with Crippen LogP contribution in [0.1, 0.15) is 18.4 Å². The Balaban J connectivity index is 1.55. The number of piperidine rings is 1. The monoisotopic (exact) mass is 263 g/mol. The van der Waals surface area contributed by atoms with Gasteiger partial charge in [-0.2, -0.15) is 0 Å². The predicted molar refractivity (Wildman–Crippen MR) is 72.8 cm³/mol. The maximum absolute atomic E-state index is 9.49. The van der Waals surface area contributed by atoms with E-state index < -0.39 is 0 Å². The number of aliphatic hydroxyl groups excluding tert-OH is 1. The van der Waals surface area contributed by atoms with Crippen molar-refractivity contribution in [1.29, 1.82) is 0 Å². The molecule has 1 fully saturated rings. The molecule has 2 aliphatic heterocycles. The molecule has 0 aliphatic carbocycles. The molecule has 0 saturated carbocycles. The summed E-state index contributed by atoms with van der Waals surface area (Å²) in [6, 6.07) is 6.21. The molecule has 19 heavy (non-hydrogen) atoms. The summed E-state index contributed by atoms with van der Waals surface area (Å²) in [5.41, 5.74) is 1.29. The number of likely N-dealkylation sites (tertiary alicyclic amines) is 1. The van der Waals surface area contributed by atoms with Crippen LogP contribution in [-0.2, 0) is 6.42 Å². The highest BCUT2D eigenvalue weighted by Crippen LogP contribution is 2.30. The smallest absolute Gasteiger partial charge is 0.161 e. The van der Waals surface area contributed by atoms with Gasteiger partial charge in [0.1, 0.15) is 13.2 Å². The van der Waals surface area contributed by atoms with Crippen molar-refractivity contribution in [2.75, 3.05) is 32.8 Å². The molecule has 0 aromatic heterocycles. The Bertz CT molecular complexity index is 427. The van der Waals surface area contributed by atoms with Crippen LogP contribution in [0.2, 0.25) is 0 Å². The van der Waals surface area contributed by atoms with Crippen LogP contribution in [0, 0.1) is 0 Å². The van der Waals surface area contributed by atoms with E-state index in [2.05, 4.69) is 17.0 Å². The van der Waals surface area contributed by atoms with E-state index in [4.69, 9.17) is 9.47 Å². The van der Waals surface area contributed by atoms with Crippen molar-refractivity contribution in [2.45, 2.75) is 25.4 Å². The molecule has 0 spiro atoms. The SMILES string of the molecule is OC1CCN(CCc2ccc3c(c2)OCCO3)CC1. The Labute approximate surface area is 113 Å². The van der Waals surface area contributed by atoms with Crippen LogP contribution in [0.25, 0.3) is 0 Å². The minimum absolute atomic E-state index is 0.0921. The predicted octanol–water partition coefficient (Wildman–Crippen LogP) is 1.46. The number of ether oxygens (including phenoxy) is 2. The van der Waals surface area contributed by atoms with Crippen LogP contribution in [0.5, 0.6) is 11.5 Å². The van der Waals surface area contributed by atoms with Crippen molar-refractivity contribution in [3.8, 4) is 11.5 Å². The first-order valence-corrected chi connectivity index (χ1v) is 7.10. The van der Waals surface area contributed by atoms with Gasteiger partial charge >= 0.3 is 0 Å². The van der Waals surface area contributed by atoms with E-state index in [0.29, 0.717) is 13.2 Å². The molecule has 2 heterocycles. The fourth-order valence-corrected chi connectivity index (χ4v) is 2.67. The molecule has 0 bridgehead atoms. The summed E-state index contributed by atoms with van der Waals surface area (Å²) in [6.45, 7) is 4.34. The van der Waals surface area contributed by atoms with Crippen LogP contribution in [0.15, 0.2) is 18.2 Å². The van der Waals surface area contributed by atoms with Gasteiger partial charge in [-0.1, -0.05) is 6.07 Å². The number of benzene rings is 1. The van der Waals surface area contributed by atoms with Gasteiger partial charge in [0.15, 0.2) is 11.5 Å². The van der Waals surface area contributed by atoms with Crippen molar-refractivity contribution < 1.29 is 14.6 Å². The lowest BCUT2D eigenvalue weighted by molar-refractivity contribution is 0.0832. The third-order valence-corrected chi connectivity index (χ3v) is 3.88. The van der Waals surface area contributed by atoms with Gasteiger partial charge in [-0.15, -0.1) is 0 Å². The molecule has 4 nitrogen and oxygen atoms in total. The van der Waals surface area contributed by atoms with E-state index in [1.54, 1.807) is 0 Å². The molecule has 1 saturated heterocycles. The second-order valence-corrected chi connectivity index (χ2v) is 5.30. The first kappa shape index (κ1) is 12.8. The van der Waals surface area contributed by atoms with Gasteiger partial charge in [-0.05, 0) is 37.0 Å². The number of aliphatic hydroxyl groups is 1. The van der Waals surface area contributed by atoms with Crippen molar-refractivity contribution in [2.24, 2.45) is 0 Å².